The van der Waals surface area contributed by atoms with Crippen LogP contribution in [0.5, 0.6) is 11.5 Å². The molecule has 0 atom stereocenters. The fourth-order valence-corrected chi connectivity index (χ4v) is 3.18. The van der Waals surface area contributed by atoms with Crippen molar-refractivity contribution in [2.75, 3.05) is 46.1 Å². The van der Waals surface area contributed by atoms with Gasteiger partial charge < -0.3 is 20.1 Å². The fourth-order valence-electron chi connectivity index (χ4n) is 3.18. The lowest BCUT2D eigenvalue weighted by molar-refractivity contribution is 0.0628. The van der Waals surface area contributed by atoms with Crippen molar-refractivity contribution < 1.29 is 14.3 Å². The van der Waals surface area contributed by atoms with Crippen LogP contribution in [0.15, 0.2) is 42.5 Å². The monoisotopic (exact) mass is 427 g/mol. The molecule has 2 N–H and O–H groups in total. The van der Waals surface area contributed by atoms with Gasteiger partial charge in [0.1, 0.15) is 11.5 Å². The van der Waals surface area contributed by atoms with Gasteiger partial charge in [-0.3, -0.25) is 9.69 Å². The number of halogens is 2. The van der Waals surface area contributed by atoms with Crippen LogP contribution in [-0.2, 0) is 6.54 Å². The molecule has 1 saturated heterocycles. The number of nitrogens with two attached hydrogens (primary N) is 1. The Labute approximate surface area is 178 Å². The zero-order valence-electron chi connectivity index (χ0n) is 16.1. The summed E-state index contributed by atoms with van der Waals surface area (Å²) in [7, 11) is 3.30. The minimum absolute atomic E-state index is 0. The maximum atomic E-state index is 12.6. The van der Waals surface area contributed by atoms with Crippen LogP contribution in [0.25, 0.3) is 0 Å². The van der Waals surface area contributed by atoms with Gasteiger partial charge in [0, 0.05) is 50.0 Å². The predicted octanol–water partition coefficient (Wildman–Crippen LogP) is 3.09. The highest BCUT2D eigenvalue weighted by molar-refractivity contribution is 5.95. The van der Waals surface area contributed by atoms with Gasteiger partial charge >= 0.3 is 0 Å². The van der Waals surface area contributed by atoms with Crippen LogP contribution in [0.3, 0.4) is 0 Å². The van der Waals surface area contributed by atoms with Crippen LogP contribution in [0.4, 0.5) is 5.69 Å². The summed E-state index contributed by atoms with van der Waals surface area (Å²) >= 11 is 0. The fraction of sp³-hybridized carbons (Fsp3) is 0.350. The lowest BCUT2D eigenvalue weighted by Gasteiger charge is -2.35. The minimum atomic E-state index is 0. The molecule has 1 heterocycles. The smallest absolute Gasteiger partial charge is 0.254 e. The second-order valence-electron chi connectivity index (χ2n) is 6.41. The molecule has 0 unspecified atom stereocenters. The van der Waals surface area contributed by atoms with E-state index >= 15 is 0 Å². The van der Waals surface area contributed by atoms with Gasteiger partial charge in [-0.15, -0.1) is 24.8 Å². The van der Waals surface area contributed by atoms with Crippen LogP contribution in [0, 0.1) is 0 Å². The number of hydrogen-bond donors (Lipinski definition) is 1. The Bertz CT molecular complexity index is 759. The first-order valence-corrected chi connectivity index (χ1v) is 8.68. The molecule has 1 aliphatic heterocycles. The third-order valence-electron chi connectivity index (χ3n) is 4.61. The van der Waals surface area contributed by atoms with E-state index in [1.54, 1.807) is 26.4 Å². The number of rotatable bonds is 5. The van der Waals surface area contributed by atoms with Crippen LogP contribution < -0.4 is 15.2 Å². The predicted molar refractivity (Wildman–Crippen MR) is 116 cm³/mol. The quantitative estimate of drug-likeness (QED) is 0.742. The van der Waals surface area contributed by atoms with Gasteiger partial charge in [0.15, 0.2) is 0 Å². The Kier molecular flexibility index (Phi) is 9.38. The summed E-state index contributed by atoms with van der Waals surface area (Å²) < 4.78 is 10.7. The number of carbonyl (C=O) groups excluding carboxylic acids is 1. The highest BCUT2D eigenvalue weighted by atomic mass is 35.5. The molecule has 0 aliphatic carbocycles. The van der Waals surface area contributed by atoms with E-state index in [9.17, 15) is 4.79 Å². The number of hydrogen-bond acceptors (Lipinski definition) is 5. The first-order chi connectivity index (χ1) is 12.6. The minimum Gasteiger partial charge on any atom is -0.497 e. The topological polar surface area (TPSA) is 68.0 Å². The number of anilines is 1. The zero-order chi connectivity index (χ0) is 18.5. The summed E-state index contributed by atoms with van der Waals surface area (Å²) in [5.41, 5.74) is 8.18. The Hall–Kier alpha value is -2.15. The summed E-state index contributed by atoms with van der Waals surface area (Å²) in [6, 6.07) is 13.1. The van der Waals surface area contributed by atoms with Gasteiger partial charge in [-0.1, -0.05) is 6.07 Å². The van der Waals surface area contributed by atoms with Gasteiger partial charge in [0.05, 0.1) is 14.2 Å². The molecule has 3 rings (SSSR count). The summed E-state index contributed by atoms with van der Waals surface area (Å²) in [5, 5.41) is 0. The maximum Gasteiger partial charge on any atom is 0.254 e. The van der Waals surface area contributed by atoms with Gasteiger partial charge in [0.25, 0.3) is 5.91 Å². The number of piperazine rings is 1. The molecule has 1 aliphatic rings. The van der Waals surface area contributed by atoms with Crippen molar-refractivity contribution in [3.05, 3.63) is 53.6 Å². The van der Waals surface area contributed by atoms with E-state index in [2.05, 4.69) is 4.90 Å². The molecule has 6 nitrogen and oxygen atoms in total. The van der Waals surface area contributed by atoms with Crippen LogP contribution >= 0.6 is 24.8 Å². The molecule has 0 bridgehead atoms. The van der Waals surface area contributed by atoms with E-state index in [1.807, 2.05) is 35.2 Å². The van der Waals surface area contributed by atoms with Crippen molar-refractivity contribution in [3.8, 4) is 11.5 Å². The molecule has 0 aromatic heterocycles. The third kappa shape index (κ3) is 5.92. The van der Waals surface area contributed by atoms with Crippen molar-refractivity contribution in [1.82, 2.24) is 9.80 Å². The number of ether oxygens (including phenoxy) is 2. The van der Waals surface area contributed by atoms with Crippen LogP contribution in [-0.4, -0.2) is 56.1 Å². The number of carbonyl (C=O) groups is 1. The van der Waals surface area contributed by atoms with Gasteiger partial charge in [0.2, 0.25) is 0 Å². The lowest BCUT2D eigenvalue weighted by Crippen LogP contribution is -2.48. The van der Waals surface area contributed by atoms with E-state index in [0.717, 1.165) is 36.7 Å². The highest BCUT2D eigenvalue weighted by Gasteiger charge is 2.22. The van der Waals surface area contributed by atoms with Gasteiger partial charge in [-0.2, -0.15) is 0 Å². The average Bonchev–Trinajstić information content (AvgIpc) is 2.67. The van der Waals surface area contributed by atoms with Crippen molar-refractivity contribution >= 4 is 36.4 Å². The highest BCUT2D eigenvalue weighted by Crippen LogP contribution is 2.24. The summed E-state index contributed by atoms with van der Waals surface area (Å²) in [6.07, 6.45) is 0. The Morgan fingerprint density at radius 2 is 1.57 bits per heavy atom. The van der Waals surface area contributed by atoms with E-state index in [0.29, 0.717) is 24.3 Å². The molecule has 28 heavy (non-hydrogen) atoms. The third-order valence-corrected chi connectivity index (χ3v) is 4.61. The second kappa shape index (κ2) is 11.0. The normalized spacial score (nSPS) is 13.9. The maximum absolute atomic E-state index is 12.6. The molecule has 0 spiro atoms. The first-order valence-electron chi connectivity index (χ1n) is 8.68. The van der Waals surface area contributed by atoms with Crippen molar-refractivity contribution in [1.29, 1.82) is 0 Å². The molecule has 0 saturated carbocycles. The largest absolute Gasteiger partial charge is 0.497 e. The summed E-state index contributed by atoms with van der Waals surface area (Å²) in [4.78, 5) is 16.8. The zero-order valence-corrected chi connectivity index (χ0v) is 17.7. The first kappa shape index (κ1) is 23.9. The van der Waals surface area contributed by atoms with Crippen molar-refractivity contribution in [2.24, 2.45) is 0 Å². The second-order valence-corrected chi connectivity index (χ2v) is 6.41. The number of nitrogen functional groups attached to an aromatic ring is 1. The van der Waals surface area contributed by atoms with Crippen molar-refractivity contribution in [2.45, 2.75) is 6.54 Å². The molecule has 2 aromatic rings. The molecule has 1 fully saturated rings. The van der Waals surface area contributed by atoms with Gasteiger partial charge in [-0.25, -0.2) is 0 Å². The molecule has 1 amide bonds. The van der Waals surface area contributed by atoms with E-state index in [1.165, 1.54) is 0 Å². The molecular weight excluding hydrogens is 401 g/mol. The number of benzene rings is 2. The lowest BCUT2D eigenvalue weighted by atomic mass is 10.1. The molecule has 8 heteroatoms. The summed E-state index contributed by atoms with van der Waals surface area (Å²) in [6.45, 7) is 3.86. The van der Waals surface area contributed by atoms with Gasteiger partial charge in [-0.05, 0) is 35.9 Å². The summed E-state index contributed by atoms with van der Waals surface area (Å²) in [5.74, 6) is 1.62. The van der Waals surface area contributed by atoms with E-state index < -0.39 is 0 Å². The van der Waals surface area contributed by atoms with E-state index in [4.69, 9.17) is 15.2 Å². The average molecular weight is 428 g/mol. The molecule has 0 radical (unpaired) electrons. The molecule has 154 valence electrons. The molecule has 2 aromatic carbocycles. The Morgan fingerprint density at radius 1 is 0.964 bits per heavy atom. The van der Waals surface area contributed by atoms with Crippen molar-refractivity contribution in [3.63, 3.8) is 0 Å². The molecular formula is C20H27Cl2N3O3. The van der Waals surface area contributed by atoms with Crippen LogP contribution in [0.1, 0.15) is 15.9 Å². The SMILES string of the molecule is COc1cc(CN2CCN(C(=O)c3cccc(N)c3)CC2)cc(OC)c1.Cl.Cl. The number of nitrogens with zero attached hydrogens (tertiary/aromatic N) is 2. The number of amides is 1. The Balaban J connectivity index is 0.00000196. The Morgan fingerprint density at radius 3 is 2.11 bits per heavy atom. The van der Waals surface area contributed by atoms with E-state index in [-0.39, 0.29) is 30.7 Å². The standard InChI is InChI=1S/C20H25N3O3.2ClH/c1-25-18-10-15(11-19(13-18)26-2)14-22-6-8-23(9-7-22)20(24)16-4-3-5-17(21)12-16;;/h3-5,10-13H,6-9,14,21H2,1-2H3;2*1H. The van der Waals surface area contributed by atoms with Crippen LogP contribution in [0.2, 0.25) is 0 Å². The number of methoxy groups -OCH3 is 2.